The minimum absolute atomic E-state index is 0.223. The molecule has 1 aromatic carbocycles. The molecule has 35 heavy (non-hydrogen) atoms. The van der Waals surface area contributed by atoms with E-state index in [0.29, 0.717) is 51.5 Å². The number of sulfonamides is 1. The molecule has 0 spiro atoms. The van der Waals surface area contributed by atoms with Crippen LogP contribution in [0.2, 0.25) is 0 Å². The number of halogens is 1. The predicted octanol–water partition coefficient (Wildman–Crippen LogP) is 4.86. The van der Waals surface area contributed by atoms with Gasteiger partial charge in [0.15, 0.2) is 0 Å². The van der Waals surface area contributed by atoms with E-state index >= 15 is 0 Å². The van der Waals surface area contributed by atoms with Crippen LogP contribution < -0.4 is 5.32 Å². The topological polar surface area (TPSA) is 105 Å². The molecule has 0 unspecified atom stereocenters. The maximum atomic E-state index is 13.8. The van der Waals surface area contributed by atoms with E-state index in [9.17, 15) is 17.6 Å². The fraction of sp³-hybridized carbons (Fsp3) is 0.458. The number of nitrogens with one attached hydrogen (secondary N) is 1. The van der Waals surface area contributed by atoms with Crippen LogP contribution >= 0.6 is 11.3 Å². The monoisotopic (exact) mass is 518 g/mol. The van der Waals surface area contributed by atoms with Crippen molar-refractivity contribution in [2.45, 2.75) is 56.8 Å². The van der Waals surface area contributed by atoms with Gasteiger partial charge in [-0.3, -0.25) is 4.79 Å². The second kappa shape index (κ2) is 9.44. The Morgan fingerprint density at radius 1 is 1.17 bits per heavy atom. The number of aromatic nitrogens is 2. The molecule has 2 aliphatic rings. The number of aryl methyl sites for hydroxylation is 2. The van der Waals surface area contributed by atoms with Crippen molar-refractivity contribution in [3.05, 3.63) is 46.4 Å². The van der Waals surface area contributed by atoms with Crippen molar-refractivity contribution in [2.24, 2.45) is 5.92 Å². The number of anilines is 1. The predicted molar refractivity (Wildman–Crippen MR) is 130 cm³/mol. The Morgan fingerprint density at radius 2 is 1.91 bits per heavy atom. The van der Waals surface area contributed by atoms with Crippen molar-refractivity contribution in [1.29, 1.82) is 0 Å². The number of nitrogens with zero attached hydrogens (tertiary/aromatic N) is 3. The van der Waals surface area contributed by atoms with Crippen LogP contribution in [-0.2, 0) is 14.8 Å². The highest BCUT2D eigenvalue weighted by Gasteiger charge is 2.34. The number of carbonyl (C=O) groups is 1. The van der Waals surface area contributed by atoms with Gasteiger partial charge in [-0.1, -0.05) is 17.6 Å². The second-order valence-electron chi connectivity index (χ2n) is 9.25. The van der Waals surface area contributed by atoms with Crippen molar-refractivity contribution in [3.8, 4) is 10.7 Å². The van der Waals surface area contributed by atoms with Gasteiger partial charge in [0.05, 0.1) is 9.77 Å². The molecule has 1 aliphatic carbocycles. The molecule has 0 radical (unpaired) electrons. The Balaban J connectivity index is 1.24. The van der Waals surface area contributed by atoms with E-state index in [1.165, 1.54) is 21.7 Å². The van der Waals surface area contributed by atoms with Gasteiger partial charge in [-0.05, 0) is 63.3 Å². The summed E-state index contributed by atoms with van der Waals surface area (Å²) in [7, 11) is -3.72. The highest BCUT2D eigenvalue weighted by molar-refractivity contribution is 7.89. The summed E-state index contributed by atoms with van der Waals surface area (Å²) in [5.74, 6) is 0.408. The minimum atomic E-state index is -3.72. The number of benzene rings is 1. The van der Waals surface area contributed by atoms with Crippen LogP contribution in [-0.4, -0.2) is 41.9 Å². The van der Waals surface area contributed by atoms with E-state index in [1.54, 1.807) is 32.0 Å². The van der Waals surface area contributed by atoms with Gasteiger partial charge >= 0.3 is 0 Å². The number of piperidine rings is 1. The van der Waals surface area contributed by atoms with Crippen molar-refractivity contribution >= 4 is 33.0 Å². The Bertz CT molecular complexity index is 1360. The third kappa shape index (κ3) is 4.76. The van der Waals surface area contributed by atoms with E-state index in [1.807, 2.05) is 0 Å². The molecular weight excluding hydrogens is 491 g/mol. The fourth-order valence-corrected chi connectivity index (χ4v) is 7.36. The molecule has 11 heteroatoms. The lowest BCUT2D eigenvalue weighted by atomic mass is 9.85. The largest absolute Gasteiger partial charge is 0.339 e. The van der Waals surface area contributed by atoms with Crippen LogP contribution in [0, 0.1) is 25.6 Å². The third-order valence-corrected chi connectivity index (χ3v) is 10.1. The number of carbonyl (C=O) groups excluding carboxylic acids is 1. The van der Waals surface area contributed by atoms with E-state index in [-0.39, 0.29) is 35.6 Å². The lowest BCUT2D eigenvalue weighted by molar-refractivity contribution is -0.120. The number of thiophene rings is 1. The van der Waals surface area contributed by atoms with Gasteiger partial charge in [0.2, 0.25) is 27.6 Å². The van der Waals surface area contributed by atoms with Gasteiger partial charge in [0.25, 0.3) is 0 Å². The number of amides is 1. The summed E-state index contributed by atoms with van der Waals surface area (Å²) in [5, 5.41) is 6.81. The van der Waals surface area contributed by atoms with Crippen LogP contribution in [0.5, 0.6) is 0 Å². The molecular formula is C24H27FN4O4S2. The van der Waals surface area contributed by atoms with Crippen molar-refractivity contribution < 1.29 is 22.1 Å². The van der Waals surface area contributed by atoms with Gasteiger partial charge in [-0.25, -0.2) is 12.8 Å². The first-order chi connectivity index (χ1) is 16.7. The van der Waals surface area contributed by atoms with Gasteiger partial charge in [0.1, 0.15) is 5.82 Å². The zero-order valence-electron chi connectivity index (χ0n) is 19.6. The smallest absolute Gasteiger partial charge is 0.244 e. The van der Waals surface area contributed by atoms with Crippen LogP contribution in [0.15, 0.2) is 33.7 Å². The molecule has 1 saturated heterocycles. The fourth-order valence-electron chi connectivity index (χ4n) is 4.40. The SMILES string of the molecule is Cc1ccc(NC(=O)C2CCN(S(=O)(=O)c3cc(-c4noc(C5CCC5)n4)sc3C)CC2)cc1F. The number of hydrogen-bond acceptors (Lipinski definition) is 7. The molecule has 186 valence electrons. The molecule has 0 atom stereocenters. The van der Waals surface area contributed by atoms with Crippen LogP contribution in [0.4, 0.5) is 10.1 Å². The van der Waals surface area contributed by atoms with E-state index in [2.05, 4.69) is 15.5 Å². The van der Waals surface area contributed by atoms with Crippen molar-refractivity contribution in [1.82, 2.24) is 14.4 Å². The van der Waals surface area contributed by atoms with E-state index < -0.39 is 10.0 Å². The molecule has 3 aromatic rings. The van der Waals surface area contributed by atoms with Crippen LogP contribution in [0.25, 0.3) is 10.7 Å². The van der Waals surface area contributed by atoms with Gasteiger partial charge < -0.3 is 9.84 Å². The maximum Gasteiger partial charge on any atom is 0.244 e. The van der Waals surface area contributed by atoms with Crippen molar-refractivity contribution in [3.63, 3.8) is 0 Å². The second-order valence-corrected chi connectivity index (χ2v) is 12.4. The minimum Gasteiger partial charge on any atom is -0.339 e. The standard InChI is InChI=1S/C24H27FN4O4S2/c1-14-6-7-18(12-19(14)25)26-23(30)16-8-10-29(11-9-16)35(31,32)21-13-20(34-15(21)2)22-27-24(33-28-22)17-4-3-5-17/h6-7,12-13,16-17H,3-5,8-11H2,1-2H3,(H,26,30). The summed E-state index contributed by atoms with van der Waals surface area (Å²) < 4.78 is 47.4. The summed E-state index contributed by atoms with van der Waals surface area (Å²) in [6.07, 6.45) is 4.03. The first kappa shape index (κ1) is 24.1. The van der Waals surface area contributed by atoms with Gasteiger partial charge in [-0.2, -0.15) is 9.29 Å². The quantitative estimate of drug-likeness (QED) is 0.500. The third-order valence-electron chi connectivity index (χ3n) is 6.87. The number of hydrogen-bond donors (Lipinski definition) is 1. The normalized spacial score (nSPS) is 17.9. The van der Waals surface area contributed by atoms with Gasteiger partial charge in [0, 0.05) is 35.5 Å². The summed E-state index contributed by atoms with van der Waals surface area (Å²) in [6.45, 7) is 3.90. The summed E-state index contributed by atoms with van der Waals surface area (Å²) in [5.41, 5.74) is 0.906. The lowest BCUT2D eigenvalue weighted by Crippen LogP contribution is -2.41. The molecule has 1 saturated carbocycles. The molecule has 3 heterocycles. The summed E-state index contributed by atoms with van der Waals surface area (Å²) in [6, 6.07) is 6.18. The van der Waals surface area contributed by atoms with Crippen LogP contribution in [0.1, 0.15) is 54.4 Å². The molecule has 1 amide bonds. The summed E-state index contributed by atoms with van der Waals surface area (Å²) >= 11 is 1.33. The number of rotatable bonds is 6. The molecule has 5 rings (SSSR count). The highest BCUT2D eigenvalue weighted by Crippen LogP contribution is 2.38. The maximum absolute atomic E-state index is 13.8. The molecule has 2 fully saturated rings. The highest BCUT2D eigenvalue weighted by atomic mass is 32.2. The average Bonchev–Trinajstić information content (AvgIpc) is 3.42. The van der Waals surface area contributed by atoms with E-state index in [4.69, 9.17) is 4.52 Å². The zero-order valence-corrected chi connectivity index (χ0v) is 21.2. The molecule has 0 bridgehead atoms. The molecule has 1 aliphatic heterocycles. The molecule has 1 N–H and O–H groups in total. The Hall–Kier alpha value is -2.63. The van der Waals surface area contributed by atoms with Crippen LogP contribution in [0.3, 0.4) is 0 Å². The Labute approximate surface area is 207 Å². The van der Waals surface area contributed by atoms with Crippen molar-refractivity contribution in [2.75, 3.05) is 18.4 Å². The Morgan fingerprint density at radius 3 is 2.57 bits per heavy atom. The molecule has 8 nitrogen and oxygen atoms in total. The zero-order chi connectivity index (χ0) is 24.7. The van der Waals surface area contributed by atoms with E-state index in [0.717, 1.165) is 19.3 Å². The Kier molecular flexibility index (Phi) is 6.49. The van der Waals surface area contributed by atoms with Gasteiger partial charge in [-0.15, -0.1) is 11.3 Å². The first-order valence-corrected chi connectivity index (χ1v) is 14.0. The summed E-state index contributed by atoms with van der Waals surface area (Å²) in [4.78, 5) is 18.7. The first-order valence-electron chi connectivity index (χ1n) is 11.7. The average molecular weight is 519 g/mol. The molecule has 2 aromatic heterocycles. The lowest BCUT2D eigenvalue weighted by Gasteiger charge is -2.30.